The summed E-state index contributed by atoms with van der Waals surface area (Å²) in [6, 6.07) is 10.1. The van der Waals surface area contributed by atoms with E-state index in [-0.39, 0.29) is 5.91 Å². The zero-order chi connectivity index (χ0) is 15.6. The Kier molecular flexibility index (Phi) is 3.75. The van der Waals surface area contributed by atoms with Crippen LogP contribution in [0.25, 0.3) is 0 Å². The van der Waals surface area contributed by atoms with Crippen molar-refractivity contribution in [3.63, 3.8) is 0 Å². The van der Waals surface area contributed by atoms with Crippen LogP contribution >= 0.6 is 0 Å². The molecule has 1 fully saturated rings. The van der Waals surface area contributed by atoms with E-state index >= 15 is 0 Å². The first-order chi connectivity index (χ1) is 11.3. The van der Waals surface area contributed by atoms with E-state index in [9.17, 15) is 4.79 Å². The third kappa shape index (κ3) is 2.70. The lowest BCUT2D eigenvalue weighted by Gasteiger charge is -2.29. The van der Waals surface area contributed by atoms with Crippen LogP contribution in [0.3, 0.4) is 0 Å². The number of carbonyl (C=O) groups excluding carboxylic acids is 1. The van der Waals surface area contributed by atoms with Crippen LogP contribution < -0.4 is 15.5 Å². The molecule has 1 unspecified atom stereocenters. The highest BCUT2D eigenvalue weighted by molar-refractivity contribution is 6.07. The summed E-state index contributed by atoms with van der Waals surface area (Å²) in [5.74, 6) is -0.0264. The van der Waals surface area contributed by atoms with Gasteiger partial charge in [0.1, 0.15) is 0 Å². The van der Waals surface area contributed by atoms with Crippen molar-refractivity contribution in [1.29, 1.82) is 0 Å². The molecule has 2 aromatic rings. The third-order valence-electron chi connectivity index (χ3n) is 4.56. The van der Waals surface area contributed by atoms with Crippen LogP contribution in [0, 0.1) is 0 Å². The highest BCUT2D eigenvalue weighted by Gasteiger charge is 2.25. The van der Waals surface area contributed by atoms with Gasteiger partial charge in [0.05, 0.1) is 17.4 Å². The summed E-state index contributed by atoms with van der Waals surface area (Å²) in [5.41, 5.74) is 2.45. The minimum atomic E-state index is -0.0264. The summed E-state index contributed by atoms with van der Waals surface area (Å²) >= 11 is 0. The Bertz CT molecular complexity index is 705. The lowest BCUT2D eigenvalue weighted by molar-refractivity contribution is 0.0981. The van der Waals surface area contributed by atoms with Gasteiger partial charge in [-0.3, -0.25) is 9.48 Å². The molecule has 4 rings (SSSR count). The predicted octanol–water partition coefficient (Wildman–Crippen LogP) is 1.88. The van der Waals surface area contributed by atoms with E-state index in [1.54, 1.807) is 0 Å². The van der Waals surface area contributed by atoms with Gasteiger partial charge in [0.25, 0.3) is 5.91 Å². The zero-order valence-corrected chi connectivity index (χ0v) is 13.0. The number of anilines is 2. The molecular formula is C17H21N5O. The number of amides is 1. The molecule has 1 aromatic carbocycles. The molecule has 1 aromatic heterocycles. The first kappa shape index (κ1) is 14.3. The first-order valence-corrected chi connectivity index (χ1v) is 8.23. The van der Waals surface area contributed by atoms with E-state index in [0.717, 1.165) is 43.9 Å². The number of nitrogens with zero attached hydrogens (tertiary/aromatic N) is 3. The molecule has 3 heterocycles. The quantitative estimate of drug-likeness (QED) is 0.889. The van der Waals surface area contributed by atoms with E-state index in [1.165, 1.54) is 0 Å². The average molecular weight is 311 g/mol. The van der Waals surface area contributed by atoms with Crippen molar-refractivity contribution >= 4 is 17.3 Å². The molecule has 6 heteroatoms. The van der Waals surface area contributed by atoms with Crippen molar-refractivity contribution in [2.75, 3.05) is 36.4 Å². The lowest BCUT2D eigenvalue weighted by atomic mass is 10.1. The molecule has 0 bridgehead atoms. The van der Waals surface area contributed by atoms with Crippen LogP contribution in [0.5, 0.6) is 0 Å². The van der Waals surface area contributed by atoms with Crippen LogP contribution in [-0.2, 0) is 0 Å². The van der Waals surface area contributed by atoms with Gasteiger partial charge in [-0.2, -0.15) is 5.10 Å². The Hall–Kier alpha value is -2.34. The van der Waals surface area contributed by atoms with E-state index in [0.29, 0.717) is 18.3 Å². The normalized spacial score (nSPS) is 20.7. The fourth-order valence-electron chi connectivity index (χ4n) is 3.35. The van der Waals surface area contributed by atoms with Gasteiger partial charge in [0.2, 0.25) is 0 Å². The number of benzene rings is 1. The SMILES string of the molecule is O=C(c1ccn(C2CCCNC2)n1)N1CCNc2ccccc21. The fourth-order valence-corrected chi connectivity index (χ4v) is 3.35. The van der Waals surface area contributed by atoms with Gasteiger partial charge in [-0.1, -0.05) is 12.1 Å². The number of fused-ring (bicyclic) bond motifs is 1. The second kappa shape index (κ2) is 6.04. The van der Waals surface area contributed by atoms with Gasteiger partial charge < -0.3 is 15.5 Å². The molecule has 120 valence electrons. The van der Waals surface area contributed by atoms with Crippen molar-refractivity contribution in [3.8, 4) is 0 Å². The van der Waals surface area contributed by atoms with Gasteiger partial charge >= 0.3 is 0 Å². The number of rotatable bonds is 2. The van der Waals surface area contributed by atoms with Crippen LogP contribution in [-0.4, -0.2) is 41.9 Å². The number of carbonyl (C=O) groups is 1. The summed E-state index contributed by atoms with van der Waals surface area (Å²) in [7, 11) is 0. The summed E-state index contributed by atoms with van der Waals surface area (Å²) < 4.78 is 1.94. The number of nitrogens with one attached hydrogen (secondary N) is 2. The smallest absolute Gasteiger partial charge is 0.278 e. The number of para-hydroxylation sites is 2. The monoisotopic (exact) mass is 311 g/mol. The molecule has 1 saturated heterocycles. The van der Waals surface area contributed by atoms with Crippen molar-refractivity contribution < 1.29 is 4.79 Å². The summed E-state index contributed by atoms with van der Waals surface area (Å²) in [6.45, 7) is 3.41. The predicted molar refractivity (Wildman–Crippen MR) is 90.0 cm³/mol. The number of aromatic nitrogens is 2. The minimum Gasteiger partial charge on any atom is -0.382 e. The first-order valence-electron chi connectivity index (χ1n) is 8.23. The van der Waals surface area contributed by atoms with Gasteiger partial charge in [-0.05, 0) is 37.6 Å². The van der Waals surface area contributed by atoms with E-state index in [2.05, 4.69) is 15.7 Å². The number of hydrogen-bond acceptors (Lipinski definition) is 4. The van der Waals surface area contributed by atoms with Gasteiger partial charge in [-0.15, -0.1) is 0 Å². The maximum atomic E-state index is 12.9. The highest BCUT2D eigenvalue weighted by atomic mass is 16.2. The molecule has 2 aliphatic heterocycles. The molecule has 6 nitrogen and oxygen atoms in total. The van der Waals surface area contributed by atoms with Crippen LogP contribution in [0.15, 0.2) is 36.5 Å². The molecule has 1 atom stereocenters. The topological polar surface area (TPSA) is 62.2 Å². The zero-order valence-electron chi connectivity index (χ0n) is 13.0. The number of hydrogen-bond donors (Lipinski definition) is 2. The van der Waals surface area contributed by atoms with Crippen LogP contribution in [0.2, 0.25) is 0 Å². The molecular weight excluding hydrogens is 290 g/mol. The lowest BCUT2D eigenvalue weighted by Crippen LogP contribution is -2.39. The van der Waals surface area contributed by atoms with Crippen molar-refractivity contribution in [1.82, 2.24) is 15.1 Å². The van der Waals surface area contributed by atoms with E-state index in [1.807, 2.05) is 46.1 Å². The molecule has 1 amide bonds. The van der Waals surface area contributed by atoms with Gasteiger partial charge in [0, 0.05) is 25.8 Å². The Morgan fingerprint density at radius 2 is 2.13 bits per heavy atom. The van der Waals surface area contributed by atoms with Crippen LogP contribution in [0.1, 0.15) is 29.4 Å². The number of piperidine rings is 1. The second-order valence-corrected chi connectivity index (χ2v) is 6.08. The summed E-state index contributed by atoms with van der Waals surface area (Å²) in [6.07, 6.45) is 4.19. The maximum absolute atomic E-state index is 12.9. The summed E-state index contributed by atoms with van der Waals surface area (Å²) in [4.78, 5) is 14.7. The minimum absolute atomic E-state index is 0.0264. The molecule has 2 aliphatic rings. The maximum Gasteiger partial charge on any atom is 0.278 e. The molecule has 0 radical (unpaired) electrons. The Labute approximate surface area is 135 Å². The van der Waals surface area contributed by atoms with Crippen molar-refractivity contribution in [3.05, 3.63) is 42.2 Å². The average Bonchev–Trinajstić information content (AvgIpc) is 3.11. The fraction of sp³-hybridized carbons (Fsp3) is 0.412. The second-order valence-electron chi connectivity index (χ2n) is 6.08. The Morgan fingerprint density at radius 3 is 3.00 bits per heavy atom. The van der Waals surface area contributed by atoms with Crippen LogP contribution in [0.4, 0.5) is 11.4 Å². The van der Waals surface area contributed by atoms with Gasteiger partial charge in [-0.25, -0.2) is 0 Å². The van der Waals surface area contributed by atoms with Gasteiger partial charge in [0.15, 0.2) is 5.69 Å². The molecule has 0 saturated carbocycles. The van der Waals surface area contributed by atoms with Crippen molar-refractivity contribution in [2.45, 2.75) is 18.9 Å². The Morgan fingerprint density at radius 1 is 1.22 bits per heavy atom. The van der Waals surface area contributed by atoms with E-state index < -0.39 is 0 Å². The molecule has 0 aliphatic carbocycles. The molecule has 23 heavy (non-hydrogen) atoms. The van der Waals surface area contributed by atoms with Crippen molar-refractivity contribution in [2.24, 2.45) is 0 Å². The van der Waals surface area contributed by atoms with E-state index in [4.69, 9.17) is 0 Å². The third-order valence-corrected chi connectivity index (χ3v) is 4.56. The Balaban J connectivity index is 1.57. The molecule has 2 N–H and O–H groups in total. The molecule has 0 spiro atoms. The standard InChI is InChI=1S/C17H21N5O/c23-17(21-11-9-19-14-5-1-2-6-16(14)21)15-7-10-22(20-15)13-4-3-8-18-12-13/h1-2,5-7,10,13,18-19H,3-4,8-9,11-12H2. The largest absolute Gasteiger partial charge is 0.382 e. The highest BCUT2D eigenvalue weighted by Crippen LogP contribution is 2.29. The summed E-state index contributed by atoms with van der Waals surface area (Å²) in [5, 5.41) is 11.3.